The zero-order chi connectivity index (χ0) is 24.7. The Hall–Kier alpha value is -3.17. The summed E-state index contributed by atoms with van der Waals surface area (Å²) >= 11 is 0. The van der Waals surface area contributed by atoms with Crippen LogP contribution >= 0.6 is 0 Å². The Kier molecular flexibility index (Phi) is 8.46. The van der Waals surface area contributed by atoms with E-state index in [0.29, 0.717) is 11.5 Å². The minimum absolute atomic E-state index is 0.00329. The van der Waals surface area contributed by atoms with Gasteiger partial charge in [-0.2, -0.15) is 4.31 Å². The molecule has 9 heteroatoms. The van der Waals surface area contributed by atoms with Crippen molar-refractivity contribution < 1.29 is 26.8 Å². The van der Waals surface area contributed by atoms with Crippen LogP contribution in [0.1, 0.15) is 25.2 Å². The molecular weight excluding hydrogens is 459 g/mol. The number of benzene rings is 2. The lowest BCUT2D eigenvalue weighted by Crippen LogP contribution is -2.43. The van der Waals surface area contributed by atoms with E-state index in [-0.39, 0.29) is 42.8 Å². The topological polar surface area (TPSA) is 80.1 Å². The first kappa shape index (κ1) is 25.5. The maximum Gasteiger partial charge on any atom is 0.243 e. The van der Waals surface area contributed by atoms with Crippen LogP contribution in [0.25, 0.3) is 0 Å². The lowest BCUT2D eigenvalue weighted by Gasteiger charge is -2.28. The van der Waals surface area contributed by atoms with E-state index in [9.17, 15) is 17.6 Å². The van der Waals surface area contributed by atoms with Gasteiger partial charge in [-0.05, 0) is 60.0 Å². The molecular formula is C25H29FN2O5S. The molecule has 0 fully saturated rings. The van der Waals surface area contributed by atoms with E-state index in [0.717, 1.165) is 5.56 Å². The molecule has 3 aromatic rings. The van der Waals surface area contributed by atoms with Gasteiger partial charge in [-0.25, -0.2) is 12.8 Å². The van der Waals surface area contributed by atoms with Gasteiger partial charge in [0.2, 0.25) is 15.9 Å². The van der Waals surface area contributed by atoms with Crippen LogP contribution in [0.15, 0.2) is 76.2 Å². The van der Waals surface area contributed by atoms with E-state index in [2.05, 4.69) is 0 Å². The van der Waals surface area contributed by atoms with E-state index < -0.39 is 15.9 Å². The molecule has 1 heterocycles. The standard InChI is InChI=1S/C25H29FN2O5S/c1-19(2)15-28(34(30,31)24-12-10-22(32-3)11-13-24)18-25(29)27(17-23-5-4-14-33-23)16-20-6-8-21(26)9-7-20/h4-14,19H,15-18H2,1-3H3. The van der Waals surface area contributed by atoms with Crippen molar-refractivity contribution in [3.05, 3.63) is 84.1 Å². The normalized spacial score (nSPS) is 11.7. The van der Waals surface area contributed by atoms with Gasteiger partial charge in [0.15, 0.2) is 0 Å². The Bertz CT molecular complexity index is 1160. The number of hydrogen-bond donors (Lipinski definition) is 0. The minimum Gasteiger partial charge on any atom is -0.497 e. The van der Waals surface area contributed by atoms with Gasteiger partial charge in [0.05, 0.1) is 31.4 Å². The SMILES string of the molecule is COc1ccc(S(=O)(=O)N(CC(=O)N(Cc2ccc(F)cc2)Cc2ccco2)CC(C)C)cc1. The zero-order valence-corrected chi connectivity index (χ0v) is 20.3. The number of methoxy groups -OCH3 is 1. The number of sulfonamides is 1. The molecule has 182 valence electrons. The molecule has 0 unspecified atom stereocenters. The van der Waals surface area contributed by atoms with Crippen molar-refractivity contribution in [1.29, 1.82) is 0 Å². The number of nitrogens with zero attached hydrogens (tertiary/aromatic N) is 2. The molecule has 1 amide bonds. The third-order valence-corrected chi connectivity index (χ3v) is 6.97. The highest BCUT2D eigenvalue weighted by molar-refractivity contribution is 7.89. The first-order valence-corrected chi connectivity index (χ1v) is 12.3. The van der Waals surface area contributed by atoms with Gasteiger partial charge in [-0.1, -0.05) is 26.0 Å². The molecule has 7 nitrogen and oxygen atoms in total. The van der Waals surface area contributed by atoms with Crippen LogP contribution in [0.3, 0.4) is 0 Å². The minimum atomic E-state index is -3.93. The van der Waals surface area contributed by atoms with Gasteiger partial charge in [0, 0.05) is 13.1 Å². The first-order chi connectivity index (χ1) is 16.2. The maximum atomic E-state index is 13.4. The monoisotopic (exact) mass is 488 g/mol. The molecule has 2 aromatic carbocycles. The molecule has 0 aliphatic carbocycles. The molecule has 0 saturated heterocycles. The number of furan rings is 1. The van der Waals surface area contributed by atoms with E-state index in [1.807, 2.05) is 13.8 Å². The van der Waals surface area contributed by atoms with Crippen LogP contribution in [0.5, 0.6) is 5.75 Å². The summed E-state index contributed by atoms with van der Waals surface area (Å²) in [6.45, 7) is 3.94. The largest absolute Gasteiger partial charge is 0.497 e. The maximum absolute atomic E-state index is 13.4. The van der Waals surface area contributed by atoms with Gasteiger partial charge in [0.1, 0.15) is 17.3 Å². The van der Waals surface area contributed by atoms with Crippen LogP contribution in [0.2, 0.25) is 0 Å². The van der Waals surface area contributed by atoms with E-state index in [1.54, 1.807) is 36.4 Å². The van der Waals surface area contributed by atoms with Crippen molar-refractivity contribution in [1.82, 2.24) is 9.21 Å². The molecule has 0 aliphatic rings. The Labute approximate surface area is 199 Å². The van der Waals surface area contributed by atoms with Crippen molar-refractivity contribution in [3.63, 3.8) is 0 Å². The number of hydrogen-bond acceptors (Lipinski definition) is 5. The molecule has 0 bridgehead atoms. The molecule has 0 saturated carbocycles. The van der Waals surface area contributed by atoms with E-state index >= 15 is 0 Å². The van der Waals surface area contributed by atoms with E-state index in [4.69, 9.17) is 9.15 Å². The van der Waals surface area contributed by atoms with Crippen LogP contribution in [-0.2, 0) is 27.9 Å². The average Bonchev–Trinajstić information content (AvgIpc) is 3.32. The molecule has 0 atom stereocenters. The fraction of sp³-hybridized carbons (Fsp3) is 0.320. The van der Waals surface area contributed by atoms with Crippen LogP contribution in [-0.4, -0.2) is 43.7 Å². The average molecular weight is 489 g/mol. The summed E-state index contributed by atoms with van der Waals surface area (Å²) in [5.41, 5.74) is 0.717. The molecule has 3 rings (SSSR count). The highest BCUT2D eigenvalue weighted by Crippen LogP contribution is 2.21. The Morgan fingerprint density at radius 2 is 1.71 bits per heavy atom. The third kappa shape index (κ3) is 6.68. The summed E-state index contributed by atoms with van der Waals surface area (Å²) in [5.74, 6) is 0.328. The van der Waals surface area contributed by atoms with Crippen LogP contribution < -0.4 is 4.74 Å². The second kappa shape index (κ2) is 11.3. The summed E-state index contributed by atoms with van der Waals surface area (Å²) < 4.78 is 51.8. The van der Waals surface area contributed by atoms with Gasteiger partial charge in [0.25, 0.3) is 0 Å². The lowest BCUT2D eigenvalue weighted by atomic mass is 10.2. The van der Waals surface area contributed by atoms with Gasteiger partial charge in [-0.3, -0.25) is 4.79 Å². The predicted octanol–water partition coefficient (Wildman–Crippen LogP) is 4.30. The number of carbonyl (C=O) groups is 1. The van der Waals surface area contributed by atoms with Crippen LogP contribution in [0.4, 0.5) is 4.39 Å². The Morgan fingerprint density at radius 3 is 2.26 bits per heavy atom. The fourth-order valence-corrected chi connectivity index (χ4v) is 4.99. The molecule has 1 aromatic heterocycles. The Balaban J connectivity index is 1.86. The van der Waals surface area contributed by atoms with Crippen molar-refractivity contribution in [2.75, 3.05) is 20.2 Å². The fourth-order valence-electron chi connectivity index (χ4n) is 3.44. The van der Waals surface area contributed by atoms with Crippen molar-refractivity contribution in [3.8, 4) is 5.75 Å². The smallest absolute Gasteiger partial charge is 0.243 e. The highest BCUT2D eigenvalue weighted by Gasteiger charge is 2.29. The van der Waals surface area contributed by atoms with Gasteiger partial charge >= 0.3 is 0 Å². The Morgan fingerprint density at radius 1 is 1.03 bits per heavy atom. The molecule has 0 N–H and O–H groups in total. The number of amides is 1. The summed E-state index contributed by atoms with van der Waals surface area (Å²) in [7, 11) is -2.43. The third-order valence-electron chi connectivity index (χ3n) is 5.14. The zero-order valence-electron chi connectivity index (χ0n) is 19.5. The second-order valence-corrected chi connectivity index (χ2v) is 10.3. The highest BCUT2D eigenvalue weighted by atomic mass is 32.2. The second-order valence-electron chi connectivity index (χ2n) is 8.32. The van der Waals surface area contributed by atoms with Crippen molar-refractivity contribution in [2.45, 2.75) is 31.8 Å². The summed E-state index contributed by atoms with van der Waals surface area (Å²) in [5, 5.41) is 0. The van der Waals surface area contributed by atoms with Crippen molar-refractivity contribution >= 4 is 15.9 Å². The molecule has 0 aliphatic heterocycles. The summed E-state index contributed by atoms with van der Waals surface area (Å²) in [6, 6.07) is 15.4. The first-order valence-electron chi connectivity index (χ1n) is 10.9. The van der Waals surface area contributed by atoms with Crippen LogP contribution in [0, 0.1) is 11.7 Å². The molecule has 34 heavy (non-hydrogen) atoms. The number of rotatable bonds is 11. The van der Waals surface area contributed by atoms with Gasteiger partial charge < -0.3 is 14.1 Å². The molecule has 0 radical (unpaired) electrons. The quantitative estimate of drug-likeness (QED) is 0.402. The number of ether oxygens (including phenoxy) is 1. The lowest BCUT2D eigenvalue weighted by molar-refractivity contribution is -0.133. The van der Waals surface area contributed by atoms with Gasteiger partial charge in [-0.15, -0.1) is 0 Å². The predicted molar refractivity (Wildman–Crippen MR) is 126 cm³/mol. The summed E-state index contributed by atoms with van der Waals surface area (Å²) in [4.78, 5) is 15.0. The summed E-state index contributed by atoms with van der Waals surface area (Å²) in [6.07, 6.45) is 1.51. The van der Waals surface area contributed by atoms with Crippen molar-refractivity contribution in [2.24, 2.45) is 5.92 Å². The molecule has 0 spiro atoms. The number of halogens is 1. The number of carbonyl (C=O) groups excluding carboxylic acids is 1. The van der Waals surface area contributed by atoms with E-state index in [1.165, 1.54) is 46.8 Å².